The van der Waals surface area contributed by atoms with Gasteiger partial charge in [0, 0.05) is 5.56 Å². The van der Waals surface area contributed by atoms with Gasteiger partial charge in [0.05, 0.1) is 18.4 Å². The zero-order chi connectivity index (χ0) is 18.1. The Kier molecular flexibility index (Phi) is 4.25. The minimum absolute atomic E-state index is 0.171. The lowest BCUT2D eigenvalue weighted by Crippen LogP contribution is -2.36. The second-order valence-electron chi connectivity index (χ2n) is 6.78. The summed E-state index contributed by atoms with van der Waals surface area (Å²) in [6.45, 7) is -0.171. The van der Waals surface area contributed by atoms with E-state index in [1.54, 1.807) is 12.1 Å². The molecular weight excluding hydrogens is 326 g/mol. The summed E-state index contributed by atoms with van der Waals surface area (Å²) >= 11 is 0. The summed E-state index contributed by atoms with van der Waals surface area (Å²) in [4.78, 5) is 38.7. The molecule has 130 valence electrons. The quantitative estimate of drug-likeness (QED) is 0.484. The summed E-state index contributed by atoms with van der Waals surface area (Å²) in [6, 6.07) is 17.2. The van der Waals surface area contributed by atoms with E-state index in [4.69, 9.17) is 0 Å². The van der Waals surface area contributed by atoms with Crippen molar-refractivity contribution in [2.75, 3.05) is 6.54 Å². The minimum atomic E-state index is -0.291. The molecule has 2 aliphatic rings. The summed E-state index contributed by atoms with van der Waals surface area (Å²) in [7, 11) is 0. The second kappa shape index (κ2) is 6.71. The molecular formula is C22H19NO3. The molecule has 2 atom stereocenters. The molecule has 0 radical (unpaired) electrons. The Morgan fingerprint density at radius 1 is 0.808 bits per heavy atom. The van der Waals surface area contributed by atoms with E-state index < -0.39 is 0 Å². The Bertz CT molecular complexity index is 857. The second-order valence-corrected chi connectivity index (χ2v) is 6.78. The number of fused-ring (bicyclic) bond motifs is 1. The summed E-state index contributed by atoms with van der Waals surface area (Å²) in [5.41, 5.74) is 2.61. The van der Waals surface area contributed by atoms with Crippen molar-refractivity contribution in [3.8, 4) is 11.1 Å². The number of carbonyl (C=O) groups is 3. The largest absolute Gasteiger partial charge is 0.292 e. The third kappa shape index (κ3) is 2.88. The molecule has 0 bridgehead atoms. The maximum absolute atomic E-state index is 12.6. The van der Waals surface area contributed by atoms with Gasteiger partial charge in [0.1, 0.15) is 0 Å². The van der Waals surface area contributed by atoms with Gasteiger partial charge in [-0.2, -0.15) is 0 Å². The van der Waals surface area contributed by atoms with Gasteiger partial charge in [0.25, 0.3) is 0 Å². The zero-order valence-corrected chi connectivity index (χ0v) is 14.3. The van der Waals surface area contributed by atoms with Crippen molar-refractivity contribution in [2.45, 2.75) is 12.8 Å². The number of amides is 2. The predicted molar refractivity (Wildman–Crippen MR) is 98.3 cm³/mol. The van der Waals surface area contributed by atoms with Crippen LogP contribution < -0.4 is 0 Å². The van der Waals surface area contributed by atoms with E-state index in [0.29, 0.717) is 18.4 Å². The molecule has 2 amide bonds. The van der Waals surface area contributed by atoms with Gasteiger partial charge in [-0.15, -0.1) is 0 Å². The summed E-state index contributed by atoms with van der Waals surface area (Å²) in [5.74, 6) is -1.21. The highest BCUT2D eigenvalue weighted by atomic mass is 16.2. The highest BCUT2D eigenvalue weighted by Crippen LogP contribution is 2.35. The first-order chi connectivity index (χ1) is 12.6. The van der Waals surface area contributed by atoms with Crippen molar-refractivity contribution in [3.05, 3.63) is 72.3 Å². The standard InChI is InChI=1S/C22H19NO3/c24-20(14-23-21(25)18-8-4-5-9-19(18)22(23)26)17-12-10-16(11-13-17)15-6-2-1-3-7-15/h1-7,10-13,18-19H,8-9,14H2. The van der Waals surface area contributed by atoms with Gasteiger partial charge in [0.2, 0.25) is 11.8 Å². The molecule has 1 aliphatic heterocycles. The van der Waals surface area contributed by atoms with Gasteiger partial charge >= 0.3 is 0 Å². The Balaban J connectivity index is 1.48. The Morgan fingerprint density at radius 2 is 1.35 bits per heavy atom. The molecule has 1 fully saturated rings. The van der Waals surface area contributed by atoms with Crippen LogP contribution in [0.3, 0.4) is 0 Å². The smallest absolute Gasteiger partial charge is 0.233 e. The van der Waals surface area contributed by atoms with Gasteiger partial charge in [-0.3, -0.25) is 19.3 Å². The minimum Gasteiger partial charge on any atom is -0.292 e. The lowest BCUT2D eigenvalue weighted by Gasteiger charge is -2.14. The van der Waals surface area contributed by atoms with Crippen LogP contribution in [0.1, 0.15) is 23.2 Å². The molecule has 2 aromatic rings. The first-order valence-corrected chi connectivity index (χ1v) is 8.84. The fourth-order valence-corrected chi connectivity index (χ4v) is 3.74. The third-order valence-corrected chi connectivity index (χ3v) is 5.21. The molecule has 4 rings (SSSR count). The molecule has 1 saturated heterocycles. The van der Waals surface area contributed by atoms with Gasteiger partial charge < -0.3 is 0 Å². The van der Waals surface area contributed by atoms with Gasteiger partial charge in [0.15, 0.2) is 5.78 Å². The highest BCUT2D eigenvalue weighted by molar-refractivity contribution is 6.10. The fourth-order valence-electron chi connectivity index (χ4n) is 3.74. The van der Waals surface area contributed by atoms with E-state index in [1.807, 2.05) is 54.6 Å². The van der Waals surface area contributed by atoms with E-state index in [1.165, 1.54) is 0 Å². The maximum Gasteiger partial charge on any atom is 0.233 e. The molecule has 2 aromatic carbocycles. The van der Waals surface area contributed by atoms with Gasteiger partial charge in [-0.1, -0.05) is 66.7 Å². The molecule has 1 heterocycles. The SMILES string of the molecule is O=C(CN1C(=O)C2CC=CCC2C1=O)c1ccc(-c2ccccc2)cc1. The number of Topliss-reactive ketones (excluding diaryl/α,β-unsaturated/α-hetero) is 1. The maximum atomic E-state index is 12.6. The van der Waals surface area contributed by atoms with Gasteiger partial charge in [-0.05, 0) is 24.0 Å². The number of benzene rings is 2. The number of hydrogen-bond donors (Lipinski definition) is 0. The molecule has 4 heteroatoms. The van der Waals surface area contributed by atoms with Crippen LogP contribution in [0.15, 0.2) is 66.7 Å². The fraction of sp³-hybridized carbons (Fsp3) is 0.227. The number of allylic oxidation sites excluding steroid dienone is 2. The van der Waals surface area contributed by atoms with Crippen molar-refractivity contribution in [1.82, 2.24) is 4.90 Å². The van der Waals surface area contributed by atoms with Crippen molar-refractivity contribution in [2.24, 2.45) is 11.8 Å². The Labute approximate surface area is 152 Å². The van der Waals surface area contributed by atoms with Crippen molar-refractivity contribution in [3.63, 3.8) is 0 Å². The van der Waals surface area contributed by atoms with Crippen LogP contribution in [-0.2, 0) is 9.59 Å². The molecule has 26 heavy (non-hydrogen) atoms. The number of carbonyl (C=O) groups excluding carboxylic acids is 3. The number of ketones is 1. The Morgan fingerprint density at radius 3 is 1.92 bits per heavy atom. The first kappa shape index (κ1) is 16.5. The number of imide groups is 1. The Hall–Kier alpha value is -3.01. The van der Waals surface area contributed by atoms with E-state index in [9.17, 15) is 14.4 Å². The molecule has 0 spiro atoms. The van der Waals surface area contributed by atoms with Crippen molar-refractivity contribution >= 4 is 17.6 Å². The van der Waals surface area contributed by atoms with Crippen LogP contribution in [0, 0.1) is 11.8 Å². The third-order valence-electron chi connectivity index (χ3n) is 5.21. The summed E-state index contributed by atoms with van der Waals surface area (Å²) in [6.07, 6.45) is 5.07. The molecule has 0 aromatic heterocycles. The van der Waals surface area contributed by atoms with E-state index >= 15 is 0 Å². The average Bonchev–Trinajstić information content (AvgIpc) is 2.94. The van der Waals surface area contributed by atoms with Crippen LogP contribution in [0.25, 0.3) is 11.1 Å². The van der Waals surface area contributed by atoms with E-state index in [2.05, 4.69) is 0 Å². The van der Waals surface area contributed by atoms with Gasteiger partial charge in [-0.25, -0.2) is 0 Å². The number of hydrogen-bond acceptors (Lipinski definition) is 3. The topological polar surface area (TPSA) is 54.5 Å². The first-order valence-electron chi connectivity index (χ1n) is 8.84. The molecule has 2 unspecified atom stereocenters. The number of rotatable bonds is 4. The normalized spacial score (nSPS) is 21.8. The molecule has 1 aliphatic carbocycles. The van der Waals surface area contributed by atoms with E-state index in [-0.39, 0.29) is 36.0 Å². The lowest BCUT2D eigenvalue weighted by molar-refractivity contribution is -0.139. The molecule has 4 nitrogen and oxygen atoms in total. The van der Waals surface area contributed by atoms with Crippen LogP contribution in [-0.4, -0.2) is 29.0 Å². The van der Waals surface area contributed by atoms with Crippen LogP contribution in [0.2, 0.25) is 0 Å². The monoisotopic (exact) mass is 345 g/mol. The zero-order valence-electron chi connectivity index (χ0n) is 14.3. The van der Waals surface area contributed by atoms with E-state index in [0.717, 1.165) is 16.0 Å². The molecule has 0 saturated carbocycles. The number of likely N-dealkylation sites (tertiary alicyclic amines) is 1. The average molecular weight is 345 g/mol. The summed E-state index contributed by atoms with van der Waals surface area (Å²) < 4.78 is 0. The lowest BCUT2D eigenvalue weighted by atomic mass is 9.85. The van der Waals surface area contributed by atoms with Crippen LogP contribution >= 0.6 is 0 Å². The van der Waals surface area contributed by atoms with Crippen molar-refractivity contribution < 1.29 is 14.4 Å². The van der Waals surface area contributed by atoms with Crippen LogP contribution in [0.4, 0.5) is 0 Å². The molecule has 0 N–H and O–H groups in total. The number of nitrogens with zero attached hydrogens (tertiary/aromatic N) is 1. The highest BCUT2D eigenvalue weighted by Gasteiger charge is 2.47. The van der Waals surface area contributed by atoms with Crippen LogP contribution in [0.5, 0.6) is 0 Å². The van der Waals surface area contributed by atoms with Crippen molar-refractivity contribution in [1.29, 1.82) is 0 Å². The predicted octanol–water partition coefficient (Wildman–Crippen LogP) is 3.49. The summed E-state index contributed by atoms with van der Waals surface area (Å²) in [5, 5.41) is 0.